The molecule has 27 heavy (non-hydrogen) atoms. The molecule has 0 aliphatic carbocycles. The zero-order valence-corrected chi connectivity index (χ0v) is 14.4. The Hall–Kier alpha value is -3.73. The molecule has 0 radical (unpaired) electrons. The highest BCUT2D eigenvalue weighted by molar-refractivity contribution is 6.13. The van der Waals surface area contributed by atoms with Crippen LogP contribution in [0.4, 0.5) is 5.69 Å². The zero-order valence-electron chi connectivity index (χ0n) is 14.4. The normalized spacial score (nSPS) is 11.3. The molecule has 4 aromatic carbocycles. The van der Waals surface area contributed by atoms with E-state index in [1.165, 1.54) is 12.1 Å². The summed E-state index contributed by atoms with van der Waals surface area (Å²) >= 11 is 0. The van der Waals surface area contributed by atoms with E-state index in [4.69, 9.17) is 4.84 Å². The van der Waals surface area contributed by atoms with Crippen LogP contribution in [-0.4, -0.2) is 11.1 Å². The van der Waals surface area contributed by atoms with Crippen LogP contribution in [-0.2, 0) is 11.4 Å². The van der Waals surface area contributed by atoms with Gasteiger partial charge in [-0.2, -0.15) is 0 Å². The number of nitrogens with zero attached hydrogens (tertiary/aromatic N) is 2. The molecule has 4 rings (SSSR count). The first kappa shape index (κ1) is 16.7. The number of benzene rings is 4. The Bertz CT molecular complexity index is 1110. The smallest absolute Gasteiger partial charge is 0.269 e. The van der Waals surface area contributed by atoms with E-state index in [0.717, 1.165) is 27.1 Å². The van der Waals surface area contributed by atoms with E-state index in [9.17, 15) is 10.1 Å². The van der Waals surface area contributed by atoms with Crippen molar-refractivity contribution in [3.63, 3.8) is 0 Å². The Morgan fingerprint density at radius 2 is 1.56 bits per heavy atom. The van der Waals surface area contributed by atoms with Crippen molar-refractivity contribution in [3.8, 4) is 0 Å². The highest BCUT2D eigenvalue weighted by atomic mass is 16.6. The number of oxime groups is 1. The van der Waals surface area contributed by atoms with Gasteiger partial charge in [-0.05, 0) is 33.2 Å². The third kappa shape index (κ3) is 3.48. The SMILES string of the molecule is O=[N+]([O-])c1cccc(CO/N=C\c2c3ccccc3cc3ccccc23)c1. The lowest BCUT2D eigenvalue weighted by molar-refractivity contribution is -0.384. The molecule has 0 spiro atoms. The first-order chi connectivity index (χ1) is 13.2. The van der Waals surface area contributed by atoms with Crippen LogP contribution < -0.4 is 0 Å². The predicted octanol–water partition coefficient (Wildman–Crippen LogP) is 5.45. The molecule has 0 amide bonds. The molecule has 0 unspecified atom stereocenters. The number of nitro benzene ring substituents is 1. The molecule has 0 heterocycles. The van der Waals surface area contributed by atoms with Gasteiger partial charge in [-0.15, -0.1) is 0 Å². The van der Waals surface area contributed by atoms with Crippen LogP contribution in [0.15, 0.2) is 84.0 Å². The molecule has 0 saturated carbocycles. The van der Waals surface area contributed by atoms with Crippen LogP contribution in [0.5, 0.6) is 0 Å². The van der Waals surface area contributed by atoms with Crippen molar-refractivity contribution in [2.45, 2.75) is 6.61 Å². The topological polar surface area (TPSA) is 64.7 Å². The van der Waals surface area contributed by atoms with Gasteiger partial charge in [-0.1, -0.05) is 65.8 Å². The maximum Gasteiger partial charge on any atom is 0.269 e. The summed E-state index contributed by atoms with van der Waals surface area (Å²) in [6.45, 7) is 0.168. The average Bonchev–Trinajstić information content (AvgIpc) is 2.70. The van der Waals surface area contributed by atoms with E-state index in [2.05, 4.69) is 35.5 Å². The van der Waals surface area contributed by atoms with Gasteiger partial charge in [0.1, 0.15) is 6.61 Å². The maximum atomic E-state index is 10.9. The molecular formula is C22H16N2O3. The zero-order chi connectivity index (χ0) is 18.6. The molecule has 0 bridgehead atoms. The van der Waals surface area contributed by atoms with E-state index in [1.54, 1.807) is 18.3 Å². The summed E-state index contributed by atoms with van der Waals surface area (Å²) in [5.74, 6) is 0. The summed E-state index contributed by atoms with van der Waals surface area (Å²) in [6.07, 6.45) is 1.71. The number of fused-ring (bicyclic) bond motifs is 2. The van der Waals surface area contributed by atoms with Crippen LogP contribution in [0.2, 0.25) is 0 Å². The first-order valence-electron chi connectivity index (χ1n) is 8.51. The summed E-state index contributed by atoms with van der Waals surface area (Å²) < 4.78 is 0. The lowest BCUT2D eigenvalue weighted by Crippen LogP contribution is -1.93. The van der Waals surface area contributed by atoms with E-state index in [1.807, 2.05) is 24.3 Å². The van der Waals surface area contributed by atoms with Crippen molar-refractivity contribution in [1.29, 1.82) is 0 Å². The van der Waals surface area contributed by atoms with Crippen molar-refractivity contribution in [2.75, 3.05) is 0 Å². The van der Waals surface area contributed by atoms with Crippen LogP contribution in [0.1, 0.15) is 11.1 Å². The Kier molecular flexibility index (Phi) is 4.49. The van der Waals surface area contributed by atoms with Gasteiger partial charge >= 0.3 is 0 Å². The Balaban J connectivity index is 1.62. The summed E-state index contributed by atoms with van der Waals surface area (Å²) in [4.78, 5) is 15.8. The van der Waals surface area contributed by atoms with Crippen molar-refractivity contribution < 1.29 is 9.76 Å². The molecule has 0 aromatic heterocycles. The van der Waals surface area contributed by atoms with Gasteiger partial charge in [0.15, 0.2) is 0 Å². The third-order valence-corrected chi connectivity index (χ3v) is 4.42. The minimum Gasteiger partial charge on any atom is -0.391 e. The van der Waals surface area contributed by atoms with Gasteiger partial charge in [0.25, 0.3) is 5.69 Å². The molecular weight excluding hydrogens is 340 g/mol. The highest BCUT2D eigenvalue weighted by Gasteiger charge is 2.07. The van der Waals surface area contributed by atoms with Crippen molar-refractivity contribution in [2.24, 2.45) is 5.16 Å². The number of nitro groups is 1. The minimum atomic E-state index is -0.422. The standard InChI is InChI=1S/C22H16N2O3/c25-24(26)19-9-5-6-16(12-19)15-27-23-14-22-20-10-3-1-7-17(20)13-18-8-2-4-11-21(18)22/h1-14H,15H2/b23-14-. The molecule has 5 nitrogen and oxygen atoms in total. The van der Waals surface area contributed by atoms with Gasteiger partial charge < -0.3 is 4.84 Å². The fraction of sp³-hybridized carbons (Fsp3) is 0.0455. The molecule has 0 fully saturated rings. The number of hydrogen-bond donors (Lipinski definition) is 0. The second-order valence-corrected chi connectivity index (χ2v) is 6.17. The van der Waals surface area contributed by atoms with Crippen molar-refractivity contribution in [1.82, 2.24) is 0 Å². The van der Waals surface area contributed by atoms with E-state index in [0.29, 0.717) is 5.56 Å². The van der Waals surface area contributed by atoms with Crippen LogP contribution in [0.25, 0.3) is 21.5 Å². The fourth-order valence-corrected chi connectivity index (χ4v) is 3.15. The lowest BCUT2D eigenvalue weighted by Gasteiger charge is -2.07. The summed E-state index contributed by atoms with van der Waals surface area (Å²) in [5, 5.41) is 19.4. The Morgan fingerprint density at radius 1 is 0.889 bits per heavy atom. The van der Waals surface area contributed by atoms with Gasteiger partial charge in [0.2, 0.25) is 0 Å². The maximum absolute atomic E-state index is 10.9. The molecule has 0 aliphatic heterocycles. The molecule has 132 valence electrons. The lowest BCUT2D eigenvalue weighted by atomic mass is 9.97. The van der Waals surface area contributed by atoms with Crippen LogP contribution in [0.3, 0.4) is 0 Å². The molecule has 4 aromatic rings. The van der Waals surface area contributed by atoms with Crippen molar-refractivity contribution in [3.05, 3.63) is 100 Å². The number of rotatable bonds is 5. The average molecular weight is 356 g/mol. The molecule has 0 saturated heterocycles. The fourth-order valence-electron chi connectivity index (χ4n) is 3.15. The number of non-ortho nitro benzene ring substituents is 1. The monoisotopic (exact) mass is 356 g/mol. The summed E-state index contributed by atoms with van der Waals surface area (Å²) in [6, 6.07) is 24.8. The molecule has 0 aliphatic rings. The van der Waals surface area contributed by atoms with Gasteiger partial charge in [-0.3, -0.25) is 10.1 Å². The second-order valence-electron chi connectivity index (χ2n) is 6.17. The summed E-state index contributed by atoms with van der Waals surface area (Å²) in [5.41, 5.74) is 1.73. The van der Waals surface area contributed by atoms with Crippen molar-refractivity contribution >= 4 is 33.4 Å². The third-order valence-electron chi connectivity index (χ3n) is 4.42. The second kappa shape index (κ2) is 7.25. The van der Waals surface area contributed by atoms with E-state index in [-0.39, 0.29) is 12.3 Å². The first-order valence-corrected chi connectivity index (χ1v) is 8.51. The quantitative estimate of drug-likeness (QED) is 0.207. The van der Waals surface area contributed by atoms with Gasteiger partial charge in [0.05, 0.1) is 11.1 Å². The van der Waals surface area contributed by atoms with Gasteiger partial charge in [0, 0.05) is 17.7 Å². The highest BCUT2D eigenvalue weighted by Crippen LogP contribution is 2.27. The van der Waals surface area contributed by atoms with E-state index >= 15 is 0 Å². The molecule has 5 heteroatoms. The molecule has 0 N–H and O–H groups in total. The molecule has 0 atom stereocenters. The minimum absolute atomic E-state index is 0.0418. The summed E-state index contributed by atoms with van der Waals surface area (Å²) in [7, 11) is 0. The van der Waals surface area contributed by atoms with Crippen LogP contribution in [0, 0.1) is 10.1 Å². The predicted molar refractivity (Wildman–Crippen MR) is 107 cm³/mol. The van der Waals surface area contributed by atoms with Gasteiger partial charge in [-0.25, -0.2) is 0 Å². The number of hydrogen-bond acceptors (Lipinski definition) is 4. The largest absolute Gasteiger partial charge is 0.391 e. The Labute approximate surface area is 155 Å². The van der Waals surface area contributed by atoms with Crippen LogP contribution >= 0.6 is 0 Å². The Morgan fingerprint density at radius 3 is 2.22 bits per heavy atom. The van der Waals surface area contributed by atoms with E-state index < -0.39 is 4.92 Å².